The minimum Gasteiger partial charge on any atom is -0.368 e. The molecule has 0 radical (unpaired) electrons. The van der Waals surface area contributed by atoms with Gasteiger partial charge in [-0.3, -0.25) is 4.79 Å². The zero-order chi connectivity index (χ0) is 14.4. The number of carbonyl (C=O) groups excluding carboxylic acids is 1. The first-order valence-corrected chi connectivity index (χ1v) is 7.82. The molecule has 1 aliphatic heterocycles. The van der Waals surface area contributed by atoms with Gasteiger partial charge in [-0.1, -0.05) is 34.1 Å². The summed E-state index contributed by atoms with van der Waals surface area (Å²) in [7, 11) is 0. The number of rotatable bonds is 5. The number of halogens is 1. The van der Waals surface area contributed by atoms with Gasteiger partial charge in [-0.15, -0.1) is 0 Å². The molecule has 1 aromatic carbocycles. The number of benzene rings is 1. The van der Waals surface area contributed by atoms with Gasteiger partial charge in [0.25, 0.3) is 0 Å². The first-order valence-electron chi connectivity index (χ1n) is 7.03. The molecule has 4 nitrogen and oxygen atoms in total. The van der Waals surface area contributed by atoms with Crippen molar-refractivity contribution in [1.29, 1.82) is 0 Å². The van der Waals surface area contributed by atoms with Crippen molar-refractivity contribution in [3.63, 3.8) is 0 Å². The average molecular weight is 341 g/mol. The van der Waals surface area contributed by atoms with Gasteiger partial charge >= 0.3 is 0 Å². The van der Waals surface area contributed by atoms with Crippen LogP contribution in [0.2, 0.25) is 0 Å². The van der Waals surface area contributed by atoms with E-state index in [0.717, 1.165) is 36.0 Å². The van der Waals surface area contributed by atoms with Gasteiger partial charge in [0.05, 0.1) is 12.1 Å². The van der Waals surface area contributed by atoms with Crippen LogP contribution in [0.1, 0.15) is 31.4 Å². The Kier molecular flexibility index (Phi) is 6.01. The molecule has 0 bridgehead atoms. The zero-order valence-corrected chi connectivity index (χ0v) is 13.3. The number of piperidine rings is 1. The van der Waals surface area contributed by atoms with E-state index in [1.165, 1.54) is 0 Å². The van der Waals surface area contributed by atoms with Crippen LogP contribution in [0.15, 0.2) is 28.7 Å². The quantitative estimate of drug-likeness (QED) is 0.865. The normalized spacial score (nSPS) is 17.7. The van der Waals surface area contributed by atoms with E-state index in [2.05, 4.69) is 26.6 Å². The predicted octanol–water partition coefficient (Wildman–Crippen LogP) is 2.39. The lowest BCUT2D eigenvalue weighted by molar-refractivity contribution is -0.128. The van der Waals surface area contributed by atoms with Crippen molar-refractivity contribution in [1.82, 2.24) is 10.6 Å². The monoisotopic (exact) mass is 340 g/mol. The van der Waals surface area contributed by atoms with E-state index in [1.807, 2.05) is 31.2 Å². The highest BCUT2D eigenvalue weighted by Crippen LogP contribution is 2.22. The summed E-state index contributed by atoms with van der Waals surface area (Å²) < 4.78 is 6.65. The fourth-order valence-corrected chi connectivity index (χ4v) is 2.97. The molecule has 1 aromatic rings. The predicted molar refractivity (Wildman–Crippen MR) is 82.5 cm³/mol. The molecule has 0 spiro atoms. The van der Waals surface area contributed by atoms with Gasteiger partial charge < -0.3 is 15.4 Å². The maximum atomic E-state index is 11.9. The molecular formula is C15H21BrN2O2. The summed E-state index contributed by atoms with van der Waals surface area (Å²) in [4.78, 5) is 11.9. The lowest BCUT2D eigenvalue weighted by Gasteiger charge is -2.23. The first-order chi connectivity index (χ1) is 9.66. The molecule has 0 unspecified atom stereocenters. The van der Waals surface area contributed by atoms with Crippen molar-refractivity contribution in [2.45, 2.75) is 31.9 Å². The fraction of sp³-hybridized carbons (Fsp3) is 0.533. The van der Waals surface area contributed by atoms with Gasteiger partial charge in [0.1, 0.15) is 6.61 Å². The number of ether oxygens (including phenoxy) is 1. The van der Waals surface area contributed by atoms with Gasteiger partial charge in [0.15, 0.2) is 0 Å². The van der Waals surface area contributed by atoms with Gasteiger partial charge in [-0.25, -0.2) is 0 Å². The fourth-order valence-electron chi connectivity index (χ4n) is 2.34. The van der Waals surface area contributed by atoms with Crippen molar-refractivity contribution in [2.75, 3.05) is 19.7 Å². The number of nitrogens with one attached hydrogen (secondary N) is 2. The van der Waals surface area contributed by atoms with Gasteiger partial charge in [-0.05, 0) is 44.5 Å². The average Bonchev–Trinajstić information content (AvgIpc) is 2.46. The molecule has 1 atom stereocenters. The van der Waals surface area contributed by atoms with Crippen LogP contribution in [0.3, 0.4) is 0 Å². The highest BCUT2D eigenvalue weighted by atomic mass is 79.9. The summed E-state index contributed by atoms with van der Waals surface area (Å²) in [6, 6.07) is 7.87. The third-order valence-corrected chi connectivity index (χ3v) is 4.21. The van der Waals surface area contributed by atoms with E-state index in [-0.39, 0.29) is 24.7 Å². The molecule has 5 heteroatoms. The van der Waals surface area contributed by atoms with E-state index >= 15 is 0 Å². The molecule has 1 amide bonds. The second-order valence-electron chi connectivity index (χ2n) is 5.07. The van der Waals surface area contributed by atoms with E-state index in [4.69, 9.17) is 4.74 Å². The SMILES string of the molecule is C[C@H](NC(=O)COC1CCNCC1)c1ccccc1Br. The van der Waals surface area contributed by atoms with E-state index < -0.39 is 0 Å². The van der Waals surface area contributed by atoms with Crippen molar-refractivity contribution in [2.24, 2.45) is 0 Å². The Morgan fingerprint density at radius 3 is 2.85 bits per heavy atom. The third kappa shape index (κ3) is 4.58. The van der Waals surface area contributed by atoms with Crippen LogP contribution in [0.4, 0.5) is 0 Å². The smallest absolute Gasteiger partial charge is 0.246 e. The summed E-state index contributed by atoms with van der Waals surface area (Å²) in [6.45, 7) is 4.06. The topological polar surface area (TPSA) is 50.4 Å². The summed E-state index contributed by atoms with van der Waals surface area (Å²) in [6.07, 6.45) is 2.17. The van der Waals surface area contributed by atoms with Gasteiger partial charge in [-0.2, -0.15) is 0 Å². The molecule has 0 aromatic heterocycles. The van der Waals surface area contributed by atoms with Crippen molar-refractivity contribution in [3.05, 3.63) is 34.3 Å². The molecule has 0 aliphatic carbocycles. The van der Waals surface area contributed by atoms with Crippen LogP contribution < -0.4 is 10.6 Å². The minimum absolute atomic E-state index is 0.0327. The Balaban J connectivity index is 1.77. The zero-order valence-electron chi connectivity index (χ0n) is 11.7. The van der Waals surface area contributed by atoms with Gasteiger partial charge in [0, 0.05) is 4.47 Å². The van der Waals surface area contributed by atoms with E-state index in [9.17, 15) is 4.79 Å². The molecule has 2 rings (SSSR count). The standard InChI is InChI=1S/C15H21BrN2O2/c1-11(13-4-2-3-5-14(13)16)18-15(19)10-20-12-6-8-17-9-7-12/h2-5,11-12,17H,6-10H2,1H3,(H,18,19)/t11-/m0/s1. The highest BCUT2D eigenvalue weighted by molar-refractivity contribution is 9.10. The van der Waals surface area contributed by atoms with E-state index in [1.54, 1.807) is 0 Å². The molecule has 20 heavy (non-hydrogen) atoms. The second-order valence-corrected chi connectivity index (χ2v) is 5.93. The number of carbonyl (C=O) groups is 1. The Morgan fingerprint density at radius 2 is 2.15 bits per heavy atom. The largest absolute Gasteiger partial charge is 0.368 e. The highest BCUT2D eigenvalue weighted by Gasteiger charge is 2.16. The number of hydrogen-bond donors (Lipinski definition) is 2. The molecule has 1 fully saturated rings. The lowest BCUT2D eigenvalue weighted by atomic mass is 10.1. The van der Waals surface area contributed by atoms with Crippen LogP contribution in [-0.4, -0.2) is 31.7 Å². The third-order valence-electron chi connectivity index (χ3n) is 3.49. The van der Waals surface area contributed by atoms with Crippen molar-refractivity contribution in [3.8, 4) is 0 Å². The molecule has 1 aliphatic rings. The Hall–Kier alpha value is -0.910. The molecule has 1 heterocycles. The van der Waals surface area contributed by atoms with Crippen LogP contribution in [-0.2, 0) is 9.53 Å². The van der Waals surface area contributed by atoms with E-state index in [0.29, 0.717) is 0 Å². The summed E-state index contributed by atoms with van der Waals surface area (Å²) in [5.41, 5.74) is 1.07. The molecule has 1 saturated heterocycles. The van der Waals surface area contributed by atoms with Crippen LogP contribution in [0, 0.1) is 0 Å². The number of hydrogen-bond acceptors (Lipinski definition) is 3. The second kappa shape index (κ2) is 7.76. The maximum Gasteiger partial charge on any atom is 0.246 e. The summed E-state index contributed by atoms with van der Waals surface area (Å²) in [5.74, 6) is -0.0632. The van der Waals surface area contributed by atoms with Crippen LogP contribution in [0.5, 0.6) is 0 Å². The van der Waals surface area contributed by atoms with Crippen LogP contribution in [0.25, 0.3) is 0 Å². The lowest BCUT2D eigenvalue weighted by Crippen LogP contribution is -2.36. The number of amides is 1. The minimum atomic E-state index is -0.0632. The van der Waals surface area contributed by atoms with Gasteiger partial charge in [0.2, 0.25) is 5.91 Å². The summed E-state index contributed by atoms with van der Waals surface area (Å²) in [5, 5.41) is 6.24. The van der Waals surface area contributed by atoms with Crippen molar-refractivity contribution < 1.29 is 9.53 Å². The molecule has 110 valence electrons. The molecule has 2 N–H and O–H groups in total. The molecule has 0 saturated carbocycles. The Morgan fingerprint density at radius 1 is 1.45 bits per heavy atom. The maximum absolute atomic E-state index is 11.9. The summed E-state index contributed by atoms with van der Waals surface area (Å²) >= 11 is 3.50. The molecular weight excluding hydrogens is 320 g/mol. The Bertz CT molecular complexity index is 447. The van der Waals surface area contributed by atoms with Crippen LogP contribution >= 0.6 is 15.9 Å². The van der Waals surface area contributed by atoms with Crippen molar-refractivity contribution >= 4 is 21.8 Å². The Labute approximate surface area is 128 Å². The first kappa shape index (κ1) is 15.5.